The summed E-state index contributed by atoms with van der Waals surface area (Å²) in [6, 6.07) is 9.70. The molecular formula is C22H30Cl2N6. The number of rotatable bonds is 6. The van der Waals surface area contributed by atoms with Gasteiger partial charge in [-0.05, 0) is 56.3 Å². The number of aliphatic imine (C=N–C) groups is 1. The number of nitrogens with zero attached hydrogens (tertiary/aromatic N) is 4. The molecule has 2 N–H and O–H groups in total. The SMILES string of the molecule is CCNC(=NCc1ccnc(N2CCN(C)CC2)c1)NC(C)c1ccc(Cl)cc1Cl. The maximum absolute atomic E-state index is 6.36. The number of aromatic nitrogens is 1. The fraction of sp³-hybridized carbons (Fsp3) is 0.455. The second kappa shape index (κ2) is 10.8. The van der Waals surface area contributed by atoms with Gasteiger partial charge < -0.3 is 20.4 Å². The van der Waals surface area contributed by atoms with E-state index in [2.05, 4.69) is 52.4 Å². The zero-order valence-corrected chi connectivity index (χ0v) is 19.3. The Kier molecular flexibility index (Phi) is 8.19. The Labute approximate surface area is 189 Å². The van der Waals surface area contributed by atoms with E-state index < -0.39 is 0 Å². The van der Waals surface area contributed by atoms with Gasteiger partial charge in [0.1, 0.15) is 5.82 Å². The highest BCUT2D eigenvalue weighted by Gasteiger charge is 2.15. The fourth-order valence-electron chi connectivity index (χ4n) is 3.39. The van der Waals surface area contributed by atoms with E-state index in [1.54, 1.807) is 6.07 Å². The first kappa shape index (κ1) is 22.7. The Morgan fingerprint density at radius 2 is 1.93 bits per heavy atom. The molecule has 30 heavy (non-hydrogen) atoms. The summed E-state index contributed by atoms with van der Waals surface area (Å²) in [6.07, 6.45) is 1.87. The van der Waals surface area contributed by atoms with Crippen LogP contribution in [0.4, 0.5) is 5.82 Å². The third-order valence-corrected chi connectivity index (χ3v) is 5.75. The summed E-state index contributed by atoms with van der Waals surface area (Å²) < 4.78 is 0. The number of piperazine rings is 1. The van der Waals surface area contributed by atoms with Crippen LogP contribution in [0.5, 0.6) is 0 Å². The van der Waals surface area contributed by atoms with E-state index in [-0.39, 0.29) is 6.04 Å². The third kappa shape index (κ3) is 6.24. The number of nitrogens with one attached hydrogen (secondary N) is 2. The molecule has 2 aromatic rings. The molecule has 1 aromatic carbocycles. The maximum Gasteiger partial charge on any atom is 0.192 e. The van der Waals surface area contributed by atoms with Gasteiger partial charge in [-0.3, -0.25) is 0 Å². The van der Waals surface area contributed by atoms with Crippen molar-refractivity contribution < 1.29 is 0 Å². The molecule has 162 valence electrons. The first-order valence-corrected chi connectivity index (χ1v) is 11.1. The summed E-state index contributed by atoms with van der Waals surface area (Å²) in [5.41, 5.74) is 2.11. The molecule has 1 aliphatic heterocycles. The molecule has 1 fully saturated rings. The van der Waals surface area contributed by atoms with Gasteiger partial charge in [0.15, 0.2) is 5.96 Å². The molecule has 2 heterocycles. The first-order valence-electron chi connectivity index (χ1n) is 10.3. The van der Waals surface area contributed by atoms with Crippen LogP contribution in [-0.4, -0.2) is 55.6 Å². The normalized spacial score (nSPS) is 16.4. The molecule has 1 aliphatic rings. The molecule has 0 radical (unpaired) electrons. The average molecular weight is 449 g/mol. The highest BCUT2D eigenvalue weighted by molar-refractivity contribution is 6.35. The summed E-state index contributed by atoms with van der Waals surface area (Å²) in [5.74, 6) is 1.77. The standard InChI is InChI=1S/C22H30Cl2N6/c1-4-25-22(28-16(2)19-6-5-18(23)14-20(19)24)27-15-17-7-8-26-21(13-17)30-11-9-29(3)10-12-30/h5-8,13-14,16H,4,9-12,15H2,1-3H3,(H2,25,27,28). The summed E-state index contributed by atoms with van der Waals surface area (Å²) in [4.78, 5) is 14.0. The highest BCUT2D eigenvalue weighted by Crippen LogP contribution is 2.26. The van der Waals surface area contributed by atoms with E-state index in [1.165, 1.54) is 0 Å². The van der Waals surface area contributed by atoms with Gasteiger partial charge in [0.05, 0.1) is 12.6 Å². The monoisotopic (exact) mass is 448 g/mol. The lowest BCUT2D eigenvalue weighted by molar-refractivity contribution is 0.312. The molecule has 1 atom stereocenters. The third-order valence-electron chi connectivity index (χ3n) is 5.18. The second-order valence-electron chi connectivity index (χ2n) is 7.54. The van der Waals surface area contributed by atoms with Crippen molar-refractivity contribution in [3.63, 3.8) is 0 Å². The van der Waals surface area contributed by atoms with Gasteiger partial charge in [0, 0.05) is 49.0 Å². The van der Waals surface area contributed by atoms with Crippen LogP contribution < -0.4 is 15.5 Å². The second-order valence-corrected chi connectivity index (χ2v) is 8.38. The molecule has 1 aromatic heterocycles. The van der Waals surface area contributed by atoms with Gasteiger partial charge in [-0.25, -0.2) is 9.98 Å². The first-order chi connectivity index (χ1) is 14.5. The lowest BCUT2D eigenvalue weighted by atomic mass is 10.1. The van der Waals surface area contributed by atoms with Crippen molar-refractivity contribution in [2.24, 2.45) is 4.99 Å². The summed E-state index contributed by atoms with van der Waals surface area (Å²) in [5, 5.41) is 8.01. The summed E-state index contributed by atoms with van der Waals surface area (Å²) in [7, 11) is 2.16. The van der Waals surface area contributed by atoms with Crippen LogP contribution in [-0.2, 0) is 6.54 Å². The van der Waals surface area contributed by atoms with Crippen LogP contribution in [0, 0.1) is 0 Å². The van der Waals surface area contributed by atoms with Crippen LogP contribution in [0.15, 0.2) is 41.5 Å². The van der Waals surface area contributed by atoms with Crippen LogP contribution in [0.25, 0.3) is 0 Å². The molecule has 8 heteroatoms. The predicted octanol–water partition coefficient (Wildman–Crippen LogP) is 3.96. The lowest BCUT2D eigenvalue weighted by Gasteiger charge is -2.33. The molecular weight excluding hydrogens is 419 g/mol. The van der Waals surface area contributed by atoms with Crippen molar-refractivity contribution in [3.8, 4) is 0 Å². The Hall–Kier alpha value is -2.02. The highest BCUT2D eigenvalue weighted by atomic mass is 35.5. The topological polar surface area (TPSA) is 55.8 Å². The maximum atomic E-state index is 6.36. The van der Waals surface area contributed by atoms with E-state index in [0.29, 0.717) is 16.6 Å². The lowest BCUT2D eigenvalue weighted by Crippen LogP contribution is -2.44. The molecule has 3 rings (SSSR count). The zero-order valence-electron chi connectivity index (χ0n) is 17.8. The number of hydrogen-bond acceptors (Lipinski definition) is 4. The number of halogens is 2. The van der Waals surface area contributed by atoms with Gasteiger partial charge in [-0.15, -0.1) is 0 Å². The predicted molar refractivity (Wildman–Crippen MR) is 127 cm³/mol. The van der Waals surface area contributed by atoms with Crippen molar-refractivity contribution in [1.82, 2.24) is 20.5 Å². The van der Waals surface area contributed by atoms with Crippen molar-refractivity contribution >= 4 is 35.0 Å². The Bertz CT molecular complexity index is 864. The van der Waals surface area contributed by atoms with Crippen molar-refractivity contribution in [3.05, 3.63) is 57.7 Å². The molecule has 1 saturated heterocycles. The van der Waals surface area contributed by atoms with Crippen molar-refractivity contribution in [2.45, 2.75) is 26.4 Å². The number of benzene rings is 1. The number of anilines is 1. The minimum Gasteiger partial charge on any atom is -0.357 e. The van der Waals surface area contributed by atoms with Gasteiger partial charge in [-0.1, -0.05) is 29.3 Å². The average Bonchev–Trinajstić information content (AvgIpc) is 2.73. The Balaban J connectivity index is 1.67. The van der Waals surface area contributed by atoms with E-state index in [9.17, 15) is 0 Å². The van der Waals surface area contributed by atoms with Crippen LogP contribution in [0.2, 0.25) is 10.0 Å². The Morgan fingerprint density at radius 3 is 2.63 bits per heavy atom. The van der Waals surface area contributed by atoms with Crippen LogP contribution >= 0.6 is 23.2 Å². The number of guanidine groups is 1. The van der Waals surface area contributed by atoms with Crippen LogP contribution in [0.1, 0.15) is 31.0 Å². The fourth-order valence-corrected chi connectivity index (χ4v) is 3.97. The smallest absolute Gasteiger partial charge is 0.192 e. The van der Waals surface area contributed by atoms with E-state index in [1.807, 2.05) is 24.4 Å². The van der Waals surface area contributed by atoms with Gasteiger partial charge >= 0.3 is 0 Å². The summed E-state index contributed by atoms with van der Waals surface area (Å²) >= 11 is 12.4. The van der Waals surface area contributed by atoms with E-state index in [0.717, 1.165) is 55.6 Å². The van der Waals surface area contributed by atoms with Gasteiger partial charge in [-0.2, -0.15) is 0 Å². The van der Waals surface area contributed by atoms with Crippen molar-refractivity contribution in [2.75, 3.05) is 44.7 Å². The van der Waals surface area contributed by atoms with Gasteiger partial charge in [0.2, 0.25) is 0 Å². The van der Waals surface area contributed by atoms with Gasteiger partial charge in [0.25, 0.3) is 0 Å². The van der Waals surface area contributed by atoms with Crippen LogP contribution in [0.3, 0.4) is 0 Å². The molecule has 0 saturated carbocycles. The molecule has 0 spiro atoms. The minimum atomic E-state index is -0.00842. The largest absolute Gasteiger partial charge is 0.357 e. The molecule has 0 aliphatic carbocycles. The summed E-state index contributed by atoms with van der Waals surface area (Å²) in [6.45, 7) is 9.57. The van der Waals surface area contributed by atoms with Crippen molar-refractivity contribution in [1.29, 1.82) is 0 Å². The number of hydrogen-bond donors (Lipinski definition) is 2. The molecule has 1 unspecified atom stereocenters. The molecule has 0 bridgehead atoms. The zero-order chi connectivity index (χ0) is 21.5. The quantitative estimate of drug-likeness (QED) is 0.517. The van der Waals surface area contributed by atoms with E-state index >= 15 is 0 Å². The van der Waals surface area contributed by atoms with E-state index in [4.69, 9.17) is 28.2 Å². The Morgan fingerprint density at radius 1 is 1.17 bits per heavy atom. The molecule has 0 amide bonds. The molecule has 6 nitrogen and oxygen atoms in total. The number of pyridine rings is 1. The number of likely N-dealkylation sites (N-methyl/N-ethyl adjacent to an activating group) is 1. The minimum absolute atomic E-state index is 0.00842.